The maximum Gasteiger partial charge on any atom is 0.277 e. The van der Waals surface area contributed by atoms with E-state index in [2.05, 4.69) is 9.44 Å². The van der Waals surface area contributed by atoms with Crippen LogP contribution in [0.15, 0.2) is 0 Å². The van der Waals surface area contributed by atoms with Crippen LogP contribution in [0.2, 0.25) is 0 Å². The van der Waals surface area contributed by atoms with Crippen LogP contribution in [0.25, 0.3) is 0 Å². The Labute approximate surface area is 72.7 Å². The van der Waals surface area contributed by atoms with Crippen molar-refractivity contribution in [3.8, 4) is 0 Å². The second kappa shape index (κ2) is 3.97. The minimum Gasteiger partial charge on any atom is -0.302 e. The predicted octanol–water partition coefficient (Wildman–Crippen LogP) is -0.592. The van der Waals surface area contributed by atoms with Gasteiger partial charge in [-0.05, 0) is 20.8 Å². The first kappa shape index (κ1) is 11.5. The molecule has 0 fully saturated rings. The quantitative estimate of drug-likeness (QED) is 0.587. The van der Waals surface area contributed by atoms with Gasteiger partial charge in [0.25, 0.3) is 10.2 Å². The Morgan fingerprint density at radius 3 is 2.17 bits per heavy atom. The number of aldehydes is 1. The lowest BCUT2D eigenvalue weighted by Crippen LogP contribution is -2.47. The van der Waals surface area contributed by atoms with Crippen LogP contribution in [-0.2, 0) is 15.0 Å². The Hall–Kier alpha value is -0.460. The van der Waals surface area contributed by atoms with Crippen LogP contribution in [0.5, 0.6) is 0 Å². The summed E-state index contributed by atoms with van der Waals surface area (Å²) >= 11 is 0. The van der Waals surface area contributed by atoms with Gasteiger partial charge >= 0.3 is 0 Å². The topological polar surface area (TPSA) is 75.3 Å². The molecule has 0 amide bonds. The maximum atomic E-state index is 11.0. The largest absolute Gasteiger partial charge is 0.302 e. The van der Waals surface area contributed by atoms with Gasteiger partial charge in [0.1, 0.15) is 6.29 Å². The Balaban J connectivity index is 4.15. The number of nitrogens with one attached hydrogen (secondary N) is 2. The molecule has 0 aliphatic rings. The SMILES string of the molecule is CC(C)(C)NS(=O)(=O)NCC=O. The summed E-state index contributed by atoms with van der Waals surface area (Å²) in [6, 6.07) is 0. The van der Waals surface area contributed by atoms with Gasteiger partial charge in [-0.1, -0.05) is 0 Å². The van der Waals surface area contributed by atoms with Crippen molar-refractivity contribution in [2.75, 3.05) is 6.54 Å². The highest BCUT2D eigenvalue weighted by Gasteiger charge is 2.18. The van der Waals surface area contributed by atoms with Crippen molar-refractivity contribution < 1.29 is 13.2 Å². The van der Waals surface area contributed by atoms with Gasteiger partial charge in [0, 0.05) is 5.54 Å². The van der Waals surface area contributed by atoms with Gasteiger partial charge in [-0.2, -0.15) is 17.9 Å². The monoisotopic (exact) mass is 194 g/mol. The lowest BCUT2D eigenvalue weighted by atomic mass is 10.1. The van der Waals surface area contributed by atoms with E-state index in [-0.39, 0.29) is 6.54 Å². The van der Waals surface area contributed by atoms with Crippen molar-refractivity contribution in [3.05, 3.63) is 0 Å². The maximum absolute atomic E-state index is 11.0. The molecule has 2 N–H and O–H groups in total. The van der Waals surface area contributed by atoms with Gasteiger partial charge in [-0.3, -0.25) is 0 Å². The molecule has 0 saturated heterocycles. The first-order chi connectivity index (χ1) is 5.27. The summed E-state index contributed by atoms with van der Waals surface area (Å²) in [6.07, 6.45) is 0.488. The predicted molar refractivity (Wildman–Crippen MR) is 45.9 cm³/mol. The Morgan fingerprint density at radius 2 is 1.83 bits per heavy atom. The standard InChI is InChI=1S/C6H14N2O3S/c1-6(2,3)8-12(10,11)7-4-5-9/h5,7-8H,4H2,1-3H3. The van der Waals surface area contributed by atoms with Crippen LogP contribution in [-0.4, -0.2) is 26.8 Å². The van der Waals surface area contributed by atoms with Crippen LogP contribution in [0.3, 0.4) is 0 Å². The highest BCUT2D eigenvalue weighted by molar-refractivity contribution is 7.87. The highest BCUT2D eigenvalue weighted by atomic mass is 32.2. The minimum absolute atomic E-state index is 0.203. The van der Waals surface area contributed by atoms with Gasteiger partial charge in [0.05, 0.1) is 6.54 Å². The zero-order chi connectivity index (χ0) is 9.83. The Kier molecular flexibility index (Phi) is 3.82. The molecular weight excluding hydrogens is 180 g/mol. The lowest BCUT2D eigenvalue weighted by Gasteiger charge is -2.19. The molecule has 0 rings (SSSR count). The molecule has 0 aromatic heterocycles. The van der Waals surface area contributed by atoms with Crippen LogP contribution >= 0.6 is 0 Å². The van der Waals surface area contributed by atoms with Crippen molar-refractivity contribution in [2.24, 2.45) is 0 Å². The van der Waals surface area contributed by atoms with Crippen LogP contribution in [0.1, 0.15) is 20.8 Å². The molecule has 12 heavy (non-hydrogen) atoms. The van der Waals surface area contributed by atoms with E-state index in [4.69, 9.17) is 0 Å². The van der Waals surface area contributed by atoms with Crippen molar-refractivity contribution in [1.82, 2.24) is 9.44 Å². The summed E-state index contributed by atoms with van der Waals surface area (Å²) in [4.78, 5) is 9.86. The molecule has 0 aromatic carbocycles. The third-order valence-electron chi connectivity index (χ3n) is 0.797. The molecule has 0 radical (unpaired) electrons. The fourth-order valence-electron chi connectivity index (χ4n) is 0.583. The summed E-state index contributed by atoms with van der Waals surface area (Å²) < 4.78 is 26.4. The Morgan fingerprint density at radius 1 is 1.33 bits per heavy atom. The number of hydrogen-bond acceptors (Lipinski definition) is 3. The summed E-state index contributed by atoms with van der Waals surface area (Å²) in [7, 11) is -3.53. The molecule has 5 nitrogen and oxygen atoms in total. The van der Waals surface area contributed by atoms with E-state index in [1.807, 2.05) is 0 Å². The molecule has 0 unspecified atom stereocenters. The Bertz CT molecular complexity index is 240. The van der Waals surface area contributed by atoms with E-state index in [1.165, 1.54) is 0 Å². The second-order valence-corrected chi connectivity index (χ2v) is 4.87. The summed E-state index contributed by atoms with van der Waals surface area (Å²) in [6.45, 7) is 4.94. The number of carbonyl (C=O) groups is 1. The first-order valence-electron chi connectivity index (χ1n) is 3.49. The van der Waals surface area contributed by atoms with E-state index in [1.54, 1.807) is 20.8 Å². The average molecular weight is 194 g/mol. The van der Waals surface area contributed by atoms with E-state index in [9.17, 15) is 13.2 Å². The number of carbonyl (C=O) groups excluding carboxylic acids is 1. The normalized spacial score (nSPS) is 12.9. The fourth-order valence-corrected chi connectivity index (χ4v) is 1.75. The van der Waals surface area contributed by atoms with Crippen molar-refractivity contribution >= 4 is 16.5 Å². The van der Waals surface area contributed by atoms with Gasteiger partial charge in [-0.15, -0.1) is 0 Å². The van der Waals surface area contributed by atoms with Gasteiger partial charge in [-0.25, -0.2) is 0 Å². The molecule has 72 valence electrons. The van der Waals surface area contributed by atoms with Crippen molar-refractivity contribution in [3.63, 3.8) is 0 Å². The van der Waals surface area contributed by atoms with Crippen molar-refractivity contribution in [1.29, 1.82) is 0 Å². The zero-order valence-corrected chi connectivity index (χ0v) is 8.23. The summed E-state index contributed by atoms with van der Waals surface area (Å²) in [5.41, 5.74) is -0.533. The molecule has 0 aromatic rings. The third-order valence-corrected chi connectivity index (χ3v) is 2.23. The smallest absolute Gasteiger partial charge is 0.277 e. The van der Waals surface area contributed by atoms with Gasteiger partial charge < -0.3 is 4.79 Å². The van der Waals surface area contributed by atoms with E-state index < -0.39 is 15.7 Å². The van der Waals surface area contributed by atoms with Crippen LogP contribution in [0, 0.1) is 0 Å². The van der Waals surface area contributed by atoms with E-state index >= 15 is 0 Å². The van der Waals surface area contributed by atoms with E-state index in [0.717, 1.165) is 0 Å². The summed E-state index contributed by atoms with van der Waals surface area (Å²) in [5.74, 6) is 0. The molecular formula is C6H14N2O3S. The van der Waals surface area contributed by atoms with Gasteiger partial charge in [0.15, 0.2) is 0 Å². The minimum atomic E-state index is -3.53. The molecule has 0 heterocycles. The van der Waals surface area contributed by atoms with Crippen LogP contribution in [0.4, 0.5) is 0 Å². The number of hydrogen-bond donors (Lipinski definition) is 2. The number of rotatable bonds is 4. The lowest BCUT2D eigenvalue weighted by molar-refractivity contribution is -0.106. The zero-order valence-electron chi connectivity index (χ0n) is 7.42. The van der Waals surface area contributed by atoms with Crippen molar-refractivity contribution in [2.45, 2.75) is 26.3 Å². The molecule has 0 aliphatic carbocycles. The first-order valence-corrected chi connectivity index (χ1v) is 4.97. The highest BCUT2D eigenvalue weighted by Crippen LogP contribution is 1.99. The third kappa shape index (κ3) is 6.26. The molecule has 0 bridgehead atoms. The molecule has 0 atom stereocenters. The van der Waals surface area contributed by atoms with Crippen LogP contribution < -0.4 is 9.44 Å². The average Bonchev–Trinajstić information content (AvgIpc) is 1.78. The second-order valence-electron chi connectivity index (χ2n) is 3.37. The summed E-state index contributed by atoms with van der Waals surface area (Å²) in [5, 5.41) is 0. The van der Waals surface area contributed by atoms with E-state index in [0.29, 0.717) is 6.29 Å². The van der Waals surface area contributed by atoms with Gasteiger partial charge in [0.2, 0.25) is 0 Å². The fraction of sp³-hybridized carbons (Fsp3) is 0.833. The molecule has 0 aliphatic heterocycles. The molecule has 6 heteroatoms. The molecule has 0 spiro atoms. The molecule has 0 saturated carbocycles.